The fourth-order valence-corrected chi connectivity index (χ4v) is 2.85. The Kier molecular flexibility index (Phi) is 6.20. The van der Waals surface area contributed by atoms with Gasteiger partial charge in [0.2, 0.25) is 0 Å². The molecule has 1 heterocycles. The molecule has 32 heavy (non-hydrogen) atoms. The van der Waals surface area contributed by atoms with Crippen LogP contribution in [0, 0.1) is 0 Å². The number of nitrogens with one attached hydrogen (secondary N) is 1. The summed E-state index contributed by atoms with van der Waals surface area (Å²) in [6, 6.07) is 14.7. The molecule has 1 atom stereocenters. The molecule has 2 aromatic carbocycles. The fourth-order valence-electron chi connectivity index (χ4n) is 2.85. The van der Waals surface area contributed by atoms with Crippen LogP contribution in [0.1, 0.15) is 48.4 Å². The van der Waals surface area contributed by atoms with E-state index in [-0.39, 0.29) is 17.7 Å². The number of benzene rings is 2. The minimum atomic E-state index is -1.78. The number of imide groups is 1. The Morgan fingerprint density at radius 1 is 0.875 bits per heavy atom. The lowest BCUT2D eigenvalue weighted by atomic mass is 10.0. The molecule has 1 aliphatic heterocycles. The predicted molar refractivity (Wildman–Crippen MR) is 113 cm³/mol. The lowest BCUT2D eigenvalue weighted by Gasteiger charge is -2.30. The van der Waals surface area contributed by atoms with Gasteiger partial charge in [0, 0.05) is 0 Å². The Morgan fingerprint density at radius 3 is 1.94 bits per heavy atom. The smallest absolute Gasteiger partial charge is 0.408 e. The molecule has 1 unspecified atom stereocenters. The van der Waals surface area contributed by atoms with E-state index in [4.69, 9.17) is 14.3 Å². The van der Waals surface area contributed by atoms with Crippen LogP contribution in [0.2, 0.25) is 0 Å². The SMILES string of the molecule is CC(C)(C)OC(=O)NC(C)(COc1ccccc1)C(=O)ON1C(=O)c2ccccc2C1=O. The number of para-hydroxylation sites is 1. The van der Waals surface area contributed by atoms with Gasteiger partial charge in [0.05, 0.1) is 11.1 Å². The Labute approximate surface area is 185 Å². The molecular formula is C23H24N2O7. The topological polar surface area (TPSA) is 111 Å². The first-order valence-electron chi connectivity index (χ1n) is 9.89. The van der Waals surface area contributed by atoms with Crippen molar-refractivity contribution in [3.63, 3.8) is 0 Å². The summed E-state index contributed by atoms with van der Waals surface area (Å²) < 4.78 is 10.9. The van der Waals surface area contributed by atoms with E-state index >= 15 is 0 Å². The standard InChI is InChI=1S/C23H24N2O7/c1-22(2,3)31-21(29)24-23(4,14-30-15-10-6-5-7-11-15)20(28)32-25-18(26)16-12-8-9-13-17(16)19(25)27/h5-13H,14H2,1-4H3,(H,24,29). The lowest BCUT2D eigenvalue weighted by molar-refractivity contribution is -0.177. The predicted octanol–water partition coefficient (Wildman–Crippen LogP) is 3.10. The summed E-state index contributed by atoms with van der Waals surface area (Å²) in [5, 5.41) is 2.81. The average molecular weight is 440 g/mol. The lowest BCUT2D eigenvalue weighted by Crippen LogP contribution is -2.59. The van der Waals surface area contributed by atoms with Crippen molar-refractivity contribution >= 4 is 23.9 Å². The summed E-state index contributed by atoms with van der Waals surface area (Å²) >= 11 is 0. The van der Waals surface area contributed by atoms with Gasteiger partial charge in [-0.2, -0.15) is 0 Å². The van der Waals surface area contributed by atoms with E-state index in [1.54, 1.807) is 63.2 Å². The van der Waals surface area contributed by atoms with Crippen molar-refractivity contribution in [3.8, 4) is 5.75 Å². The van der Waals surface area contributed by atoms with E-state index in [1.165, 1.54) is 19.1 Å². The molecule has 168 valence electrons. The van der Waals surface area contributed by atoms with Gasteiger partial charge in [-0.05, 0) is 52.0 Å². The molecule has 0 saturated heterocycles. The number of alkyl carbamates (subject to hydrolysis) is 1. The van der Waals surface area contributed by atoms with Crippen LogP contribution in [0.25, 0.3) is 0 Å². The molecule has 0 saturated carbocycles. The summed E-state index contributed by atoms with van der Waals surface area (Å²) in [6.07, 6.45) is -0.893. The first kappa shape index (κ1) is 22.8. The largest absolute Gasteiger partial charge is 0.491 e. The zero-order valence-electron chi connectivity index (χ0n) is 18.2. The first-order valence-corrected chi connectivity index (χ1v) is 9.89. The number of carbonyl (C=O) groups is 4. The number of hydrogen-bond donors (Lipinski definition) is 1. The van der Waals surface area contributed by atoms with Crippen molar-refractivity contribution in [2.24, 2.45) is 0 Å². The molecule has 2 aromatic rings. The van der Waals surface area contributed by atoms with E-state index in [9.17, 15) is 19.2 Å². The highest BCUT2D eigenvalue weighted by Crippen LogP contribution is 2.24. The normalized spacial score (nSPS) is 14.9. The highest BCUT2D eigenvalue weighted by atomic mass is 16.7. The van der Waals surface area contributed by atoms with Crippen LogP contribution in [0.15, 0.2) is 54.6 Å². The van der Waals surface area contributed by atoms with Crippen LogP contribution in [0.4, 0.5) is 4.79 Å². The molecule has 3 rings (SSSR count). The van der Waals surface area contributed by atoms with Crippen molar-refractivity contribution in [2.45, 2.75) is 38.8 Å². The van der Waals surface area contributed by atoms with E-state index in [0.717, 1.165) is 0 Å². The molecule has 1 N–H and O–H groups in total. The third-order valence-electron chi connectivity index (χ3n) is 4.43. The van der Waals surface area contributed by atoms with Crippen LogP contribution in [0.5, 0.6) is 5.75 Å². The van der Waals surface area contributed by atoms with Gasteiger partial charge in [0.1, 0.15) is 18.0 Å². The van der Waals surface area contributed by atoms with Crippen molar-refractivity contribution in [2.75, 3.05) is 6.61 Å². The van der Waals surface area contributed by atoms with Gasteiger partial charge in [-0.25, -0.2) is 9.59 Å². The molecule has 0 bridgehead atoms. The molecule has 9 heteroatoms. The van der Waals surface area contributed by atoms with Gasteiger partial charge in [0.25, 0.3) is 11.8 Å². The number of ether oxygens (including phenoxy) is 2. The minimum Gasteiger partial charge on any atom is -0.491 e. The molecule has 0 fully saturated rings. The van der Waals surface area contributed by atoms with E-state index < -0.39 is 35.0 Å². The number of fused-ring (bicyclic) bond motifs is 1. The van der Waals surface area contributed by atoms with Crippen LogP contribution < -0.4 is 10.1 Å². The number of rotatable bonds is 6. The van der Waals surface area contributed by atoms with Crippen LogP contribution in [-0.2, 0) is 14.4 Å². The van der Waals surface area contributed by atoms with E-state index in [2.05, 4.69) is 5.32 Å². The van der Waals surface area contributed by atoms with Crippen LogP contribution in [-0.4, -0.2) is 46.7 Å². The first-order chi connectivity index (χ1) is 15.0. The Morgan fingerprint density at radius 2 is 1.41 bits per heavy atom. The van der Waals surface area contributed by atoms with Crippen molar-refractivity contribution in [1.82, 2.24) is 10.4 Å². The molecular weight excluding hydrogens is 416 g/mol. The average Bonchev–Trinajstić information content (AvgIpc) is 2.97. The second-order valence-corrected chi connectivity index (χ2v) is 8.39. The number of hydroxylamine groups is 2. The number of amides is 3. The third kappa shape index (κ3) is 5.05. The van der Waals surface area contributed by atoms with E-state index in [1.807, 2.05) is 0 Å². The maximum absolute atomic E-state index is 13.1. The summed E-state index contributed by atoms with van der Waals surface area (Å²) in [7, 11) is 0. The zero-order valence-corrected chi connectivity index (χ0v) is 18.2. The number of carbonyl (C=O) groups excluding carboxylic acids is 4. The fraction of sp³-hybridized carbons (Fsp3) is 0.304. The second-order valence-electron chi connectivity index (χ2n) is 8.39. The van der Waals surface area contributed by atoms with Crippen LogP contribution in [0.3, 0.4) is 0 Å². The third-order valence-corrected chi connectivity index (χ3v) is 4.43. The number of hydrogen-bond acceptors (Lipinski definition) is 7. The highest BCUT2D eigenvalue weighted by molar-refractivity contribution is 6.21. The summed E-state index contributed by atoms with van der Waals surface area (Å²) in [5.41, 5.74) is -2.37. The van der Waals surface area contributed by atoms with Crippen LogP contribution >= 0.6 is 0 Å². The summed E-state index contributed by atoms with van der Waals surface area (Å²) in [5.74, 6) is -2.18. The van der Waals surface area contributed by atoms with E-state index in [0.29, 0.717) is 10.8 Å². The van der Waals surface area contributed by atoms with Gasteiger partial charge in [-0.1, -0.05) is 35.4 Å². The molecule has 0 aliphatic carbocycles. The van der Waals surface area contributed by atoms with Gasteiger partial charge in [-0.15, -0.1) is 0 Å². The van der Waals surface area contributed by atoms with Gasteiger partial charge < -0.3 is 19.6 Å². The molecule has 0 spiro atoms. The molecule has 3 amide bonds. The quantitative estimate of drug-likeness (QED) is 0.687. The Bertz CT molecular complexity index is 1010. The van der Waals surface area contributed by atoms with Crippen molar-refractivity contribution < 1.29 is 33.5 Å². The molecule has 0 aromatic heterocycles. The monoisotopic (exact) mass is 440 g/mol. The molecule has 1 aliphatic rings. The Hall–Kier alpha value is -3.88. The second kappa shape index (κ2) is 8.70. The molecule has 9 nitrogen and oxygen atoms in total. The van der Waals surface area contributed by atoms with Crippen molar-refractivity contribution in [3.05, 3.63) is 65.7 Å². The van der Waals surface area contributed by atoms with Gasteiger partial charge in [-0.3, -0.25) is 9.59 Å². The highest BCUT2D eigenvalue weighted by Gasteiger charge is 2.45. The zero-order chi connectivity index (χ0) is 23.5. The summed E-state index contributed by atoms with van der Waals surface area (Å²) in [4.78, 5) is 55.7. The molecule has 0 radical (unpaired) electrons. The Balaban J connectivity index is 1.80. The van der Waals surface area contributed by atoms with Crippen molar-refractivity contribution in [1.29, 1.82) is 0 Å². The maximum Gasteiger partial charge on any atom is 0.408 e. The maximum atomic E-state index is 13.1. The van der Waals surface area contributed by atoms with Gasteiger partial charge in [0.15, 0.2) is 5.54 Å². The van der Waals surface area contributed by atoms with Gasteiger partial charge >= 0.3 is 12.1 Å². The number of nitrogens with zero attached hydrogens (tertiary/aromatic N) is 1. The minimum absolute atomic E-state index is 0.118. The summed E-state index contributed by atoms with van der Waals surface area (Å²) in [6.45, 7) is 6.00.